The molecule has 8 atom stereocenters. The third-order valence-corrected chi connectivity index (χ3v) is 28.9. The predicted octanol–water partition coefficient (Wildman–Crippen LogP) is 18.1. The van der Waals surface area contributed by atoms with Crippen molar-refractivity contribution in [1.82, 2.24) is 80.7 Å². The number of H-pyrrole nitrogens is 4. The third-order valence-electron chi connectivity index (χ3n) is 28.9. The van der Waals surface area contributed by atoms with Gasteiger partial charge in [-0.2, -0.15) is 17.6 Å². The van der Waals surface area contributed by atoms with E-state index in [9.17, 15) is 48.3 Å². The van der Waals surface area contributed by atoms with Crippen LogP contribution in [0.25, 0.3) is 89.5 Å². The number of fused-ring (bicyclic) bond motifs is 6. The number of nitrogens with zero attached hydrogens (tertiary/aromatic N) is 8. The van der Waals surface area contributed by atoms with Crippen LogP contribution < -0.4 is 21.3 Å². The Kier molecular flexibility index (Phi) is 29.8. The summed E-state index contributed by atoms with van der Waals surface area (Å²) in [5.74, 6) is -6.26. The van der Waals surface area contributed by atoms with Gasteiger partial charge in [0, 0.05) is 99.2 Å². The number of rotatable bonds is 22. The second-order valence-electron chi connectivity index (χ2n) is 38.8. The van der Waals surface area contributed by atoms with Crippen LogP contribution in [-0.2, 0) is 64.2 Å². The number of imidazole rings is 4. The fourth-order valence-corrected chi connectivity index (χ4v) is 21.4. The van der Waals surface area contributed by atoms with E-state index in [-0.39, 0.29) is 81.9 Å². The van der Waals surface area contributed by atoms with E-state index in [0.717, 1.165) is 72.2 Å². The average molecular weight is 1990 g/mol. The fraction of sp³-hybridized carbons (Fsp3) is 0.411. The van der Waals surface area contributed by atoms with Crippen LogP contribution in [0.4, 0.5) is 41.5 Å². The number of ether oxygens (including phenoxy) is 7. The van der Waals surface area contributed by atoms with Gasteiger partial charge in [0.25, 0.3) is 11.8 Å². The van der Waals surface area contributed by atoms with Gasteiger partial charge in [-0.05, 0) is 214 Å². The maximum absolute atomic E-state index is 16.6. The van der Waals surface area contributed by atoms with Gasteiger partial charge in [0.1, 0.15) is 47.0 Å². The summed E-state index contributed by atoms with van der Waals surface area (Å²) in [4.78, 5) is 152. The zero-order valence-corrected chi connectivity index (χ0v) is 81.1. The number of aliphatic carboxylic acids is 1. The van der Waals surface area contributed by atoms with Crippen molar-refractivity contribution in [3.8, 4) is 89.5 Å². The van der Waals surface area contributed by atoms with E-state index in [0.29, 0.717) is 202 Å². The Morgan fingerprint density at radius 1 is 0.379 bits per heavy atom. The van der Waals surface area contributed by atoms with Crippen LogP contribution >= 0.6 is 0 Å². The number of hydrogen-bond donors (Lipinski definition) is 10. The molecule has 7 saturated heterocycles. The van der Waals surface area contributed by atoms with E-state index in [1.807, 2.05) is 87.5 Å². The minimum absolute atomic E-state index is 0.0648. The van der Waals surface area contributed by atoms with Gasteiger partial charge in [-0.3, -0.25) is 19.3 Å². The second-order valence-corrected chi connectivity index (χ2v) is 38.8. The number of carbonyl (C=O) groups excluding carboxylic acids is 7. The van der Waals surface area contributed by atoms with E-state index in [4.69, 9.17) is 38.5 Å². The number of hydrogen-bond acceptors (Lipinski definition) is 20. The molecule has 10 N–H and O–H groups in total. The topological polar surface area (TPSA) is 434 Å². The quantitative estimate of drug-likeness (QED) is 0.0222. The van der Waals surface area contributed by atoms with Gasteiger partial charge in [0.2, 0.25) is 17.7 Å². The number of alkyl halides is 4. The lowest BCUT2D eigenvalue weighted by Gasteiger charge is -2.34. The molecule has 7 fully saturated rings. The number of alkyl carbamates (subject to hydrolysis) is 3. The van der Waals surface area contributed by atoms with Crippen molar-refractivity contribution in [3.05, 3.63) is 228 Å². The predicted molar refractivity (Wildman–Crippen MR) is 524 cm³/mol. The standard InChI is InChI=1S/C51H56F2N8O8.C46H49F2N7O6.C10H11NO4/c1-66-49(64)58-43(31-15-21-68-22-16-31)47(62)60-19-3-5-41(60)45-54-27-39(56-45)30-9-7-29(8-10-30)33-11-13-35-36-14-12-34(26-38(36)51(52,53)37(35)25-33)40-28-55-46(57-40)42-6-4-20-61(42)48(63)44(59-50(65)67-2)32-17-23-69-24-18-32;1-45(2,3)61-44(59)55-19-5-7-38(55)41-49-24-35(51-41)27-10-8-26(9-11-27)29-12-14-31-32-15-13-30(23-34(32)46(47,48)33(31)22-29)36-25-50-40(52-36)37-6-4-18-54(37)42(56)39(53-43(57)58)28-16-20-60-21-17-28;1-15-10(14)11-8(9(12)13)7-5-3-2-4-6-7/h7-14,25-28,31-32,41-44H,3-6,15-24H2,1-2H3,(H,54,56)(H,55,57)(H,58,64)(H,59,65);8-15,22-25,28,37-39,53H,4-7,16-21H2,1-3H3,(H,49,51)(H,50,52)(H,57,58);2-6,8H,1H3,(H,11,14)(H,12,13)/t41-,42-,43+,44-;37-,38-,39-;8-/m001/s1. The lowest BCUT2D eigenvalue weighted by Crippen LogP contribution is -2.53. The molecule has 11 heterocycles. The number of halogens is 4. The summed E-state index contributed by atoms with van der Waals surface area (Å²) >= 11 is 0. The average Bonchev–Trinajstić information content (AvgIpc) is 1.57. The molecule has 0 bridgehead atoms. The fourth-order valence-electron chi connectivity index (χ4n) is 21.4. The Labute approximate surface area is 833 Å². The summed E-state index contributed by atoms with van der Waals surface area (Å²) in [5.41, 5.74) is 9.74. The van der Waals surface area contributed by atoms with E-state index < -0.39 is 78.0 Å². The number of carbonyl (C=O) groups is 9. The summed E-state index contributed by atoms with van der Waals surface area (Å²) < 4.78 is 102. The molecule has 0 saturated carbocycles. The van der Waals surface area contributed by atoms with E-state index >= 15 is 17.6 Å². The van der Waals surface area contributed by atoms with Gasteiger partial charge in [-0.15, -0.1) is 0 Å². The van der Waals surface area contributed by atoms with E-state index in [1.54, 1.807) is 117 Å². The van der Waals surface area contributed by atoms with Crippen molar-refractivity contribution < 1.29 is 104 Å². The van der Waals surface area contributed by atoms with Gasteiger partial charge >= 0.3 is 36.4 Å². The van der Waals surface area contributed by atoms with Crippen LogP contribution in [0.3, 0.4) is 0 Å². The van der Waals surface area contributed by atoms with Crippen LogP contribution in [0.2, 0.25) is 0 Å². The molecule has 20 rings (SSSR count). The first-order chi connectivity index (χ1) is 69.9. The lowest BCUT2D eigenvalue weighted by molar-refractivity contribution is -0.140. The van der Waals surface area contributed by atoms with Gasteiger partial charge < -0.3 is 99.3 Å². The molecule has 8 amide bonds. The Hall–Kier alpha value is -14.8. The van der Waals surface area contributed by atoms with E-state index in [1.165, 1.54) is 33.5 Å². The number of amides is 8. The third kappa shape index (κ3) is 21.5. The highest BCUT2D eigenvalue weighted by molar-refractivity contribution is 5.91. The maximum Gasteiger partial charge on any atom is 0.410 e. The largest absolute Gasteiger partial charge is 0.479 e. The number of nitrogens with one attached hydrogen (secondary N) is 8. The molecule has 7 aliphatic heterocycles. The number of carboxylic acid groups (broad SMARTS) is 2. The molecule has 145 heavy (non-hydrogen) atoms. The normalized spacial score (nSPS) is 19.8. The number of likely N-dealkylation sites (tertiary alicyclic amines) is 4. The number of aromatic nitrogens is 8. The maximum atomic E-state index is 16.6. The molecule has 0 unspecified atom stereocenters. The molecule has 0 spiro atoms. The molecule has 9 aliphatic rings. The molecular weight excluding hydrogens is 1870 g/mol. The second kappa shape index (κ2) is 43.0. The van der Waals surface area contributed by atoms with Crippen molar-refractivity contribution in [2.24, 2.45) is 17.8 Å². The molecule has 11 aromatic rings. The first-order valence-corrected chi connectivity index (χ1v) is 49.1. The molecule has 0 radical (unpaired) electrons. The molecule has 2 aliphatic carbocycles. The van der Waals surface area contributed by atoms with Crippen molar-refractivity contribution in [2.75, 3.05) is 87.1 Å². The molecule has 34 nitrogen and oxygen atoms in total. The zero-order valence-electron chi connectivity index (χ0n) is 81.1. The van der Waals surface area contributed by atoms with Crippen LogP contribution in [0, 0.1) is 17.8 Å². The minimum atomic E-state index is -3.28. The van der Waals surface area contributed by atoms with Crippen LogP contribution in [0.15, 0.2) is 176 Å². The first-order valence-electron chi connectivity index (χ1n) is 49.1. The Morgan fingerprint density at radius 2 is 0.669 bits per heavy atom. The van der Waals surface area contributed by atoms with Crippen molar-refractivity contribution >= 4 is 54.2 Å². The smallest absolute Gasteiger partial charge is 0.410 e. The van der Waals surface area contributed by atoms with Crippen LogP contribution in [0.1, 0.15) is 192 Å². The van der Waals surface area contributed by atoms with Crippen molar-refractivity contribution in [2.45, 2.75) is 176 Å². The van der Waals surface area contributed by atoms with Gasteiger partial charge in [0.05, 0.1) is 93.1 Å². The summed E-state index contributed by atoms with van der Waals surface area (Å²) in [5, 5.41) is 28.7. The molecule has 4 aromatic heterocycles. The van der Waals surface area contributed by atoms with Crippen LogP contribution in [-0.4, -0.2) is 235 Å². The SMILES string of the molecule is CC(C)(C)OC(=O)N1CCC[C@H]1c1ncc(-c2ccc(-c3ccc4c(c3)C(F)(F)c3cc(-c5cnc([C@@H]6CCCN6C(=O)[C@@H](NC(=O)O)C6CCOCC6)[nH]5)ccc3-4)cc2)[nH]1.COC(=O)N[C@@H](C(=O)O)c1ccccc1.COC(=O)N[C@H](C(=O)N1CCC[C@H]1c1ncc(-c2ccc3c(c2)C(F)(F)c2cc(-c4ccc(-c5cnc([C@@H]6CCCN6C(=O)[C@H](NC(=O)OC)C6CCOCC6)[nH]5)cc4)ccc2-3)[nH]1)C1CCOCC1. The van der Waals surface area contributed by atoms with Crippen molar-refractivity contribution in [1.29, 1.82) is 0 Å². The number of carboxylic acids is 1. The minimum Gasteiger partial charge on any atom is -0.479 e. The highest BCUT2D eigenvalue weighted by Gasteiger charge is 2.50. The Morgan fingerprint density at radius 3 is 0.993 bits per heavy atom. The zero-order chi connectivity index (χ0) is 102. The summed E-state index contributed by atoms with van der Waals surface area (Å²) in [6.07, 6.45) is 12.6. The first kappa shape index (κ1) is 100. The Balaban J connectivity index is 0.000000167. The highest BCUT2D eigenvalue weighted by atomic mass is 19.3. The lowest BCUT2D eigenvalue weighted by atomic mass is 9.90. The molecular formula is C107H116F4N16O18. The van der Waals surface area contributed by atoms with Crippen LogP contribution in [0.5, 0.6) is 0 Å². The molecule has 760 valence electrons. The molecule has 38 heteroatoms. The number of methoxy groups -OCH3 is 3. The summed E-state index contributed by atoms with van der Waals surface area (Å²) in [6.45, 7) is 10.6. The number of benzene rings is 7. The monoisotopic (exact) mass is 1990 g/mol. The van der Waals surface area contributed by atoms with Gasteiger partial charge in [-0.1, -0.05) is 127 Å². The summed E-state index contributed by atoms with van der Waals surface area (Å²) in [7, 11) is 3.73. The van der Waals surface area contributed by atoms with Gasteiger partial charge in [-0.25, -0.2) is 48.7 Å². The summed E-state index contributed by atoms with van der Waals surface area (Å²) in [6, 6.07) is 39.4. The molecule has 7 aromatic carbocycles. The van der Waals surface area contributed by atoms with Gasteiger partial charge in [0.15, 0.2) is 6.04 Å². The van der Waals surface area contributed by atoms with Crippen molar-refractivity contribution in [3.63, 3.8) is 0 Å². The Bertz CT molecular complexity index is 6590. The number of aromatic amines is 4. The highest BCUT2D eigenvalue weighted by Crippen LogP contribution is 2.55. The van der Waals surface area contributed by atoms with E-state index in [2.05, 4.69) is 60.9 Å².